The first-order chi connectivity index (χ1) is 14.9. The topological polar surface area (TPSA) is 62.1 Å². The summed E-state index contributed by atoms with van der Waals surface area (Å²) in [7, 11) is 0. The van der Waals surface area contributed by atoms with Gasteiger partial charge in [0.2, 0.25) is 0 Å². The minimum absolute atomic E-state index is 0.0306. The molecule has 0 bridgehead atoms. The summed E-state index contributed by atoms with van der Waals surface area (Å²) >= 11 is 9.89. The van der Waals surface area contributed by atoms with Gasteiger partial charge in [-0.25, -0.2) is 0 Å². The summed E-state index contributed by atoms with van der Waals surface area (Å²) in [6, 6.07) is 20.7. The van der Waals surface area contributed by atoms with Gasteiger partial charge in [-0.3, -0.25) is 4.79 Å². The van der Waals surface area contributed by atoms with E-state index in [4.69, 9.17) is 16.3 Å². The molecule has 0 aliphatic heterocycles. The number of hydrogen-bond acceptors (Lipinski definition) is 3. The molecule has 4 nitrogen and oxygen atoms in total. The number of nitriles is 1. The van der Waals surface area contributed by atoms with Crippen LogP contribution in [0.4, 0.5) is 5.69 Å². The first kappa shape index (κ1) is 22.6. The molecule has 1 N–H and O–H groups in total. The second-order valence-electron chi connectivity index (χ2n) is 7.08. The Kier molecular flexibility index (Phi) is 7.51. The molecule has 6 heteroatoms. The van der Waals surface area contributed by atoms with Crippen LogP contribution in [-0.4, -0.2) is 5.91 Å². The summed E-state index contributed by atoms with van der Waals surface area (Å²) in [5.74, 6) is 0.0151. The van der Waals surface area contributed by atoms with E-state index in [1.165, 1.54) is 6.08 Å². The Balaban J connectivity index is 1.76. The van der Waals surface area contributed by atoms with E-state index < -0.39 is 5.91 Å². The zero-order valence-electron chi connectivity index (χ0n) is 17.1. The lowest BCUT2D eigenvalue weighted by atomic mass is 10.1. The summed E-state index contributed by atoms with van der Waals surface area (Å²) in [6.45, 7) is 4.36. The fourth-order valence-electron chi connectivity index (χ4n) is 2.91. The van der Waals surface area contributed by atoms with Crippen molar-refractivity contribution in [1.29, 1.82) is 5.26 Å². The number of halogens is 2. The van der Waals surface area contributed by atoms with Crippen molar-refractivity contribution in [1.82, 2.24) is 0 Å². The zero-order chi connectivity index (χ0) is 22.4. The molecule has 0 unspecified atom stereocenters. The number of nitrogens with one attached hydrogen (secondary N) is 1. The number of benzene rings is 3. The molecule has 156 valence electrons. The van der Waals surface area contributed by atoms with E-state index in [0.717, 1.165) is 16.7 Å². The number of rotatable bonds is 6. The Morgan fingerprint density at radius 3 is 2.52 bits per heavy atom. The highest BCUT2D eigenvalue weighted by Crippen LogP contribution is 2.35. The molecule has 31 heavy (non-hydrogen) atoms. The van der Waals surface area contributed by atoms with E-state index >= 15 is 0 Å². The van der Waals surface area contributed by atoms with Gasteiger partial charge < -0.3 is 10.1 Å². The minimum Gasteiger partial charge on any atom is -0.486 e. The average Bonchev–Trinajstić information content (AvgIpc) is 2.73. The molecule has 0 saturated heterocycles. The molecule has 0 fully saturated rings. The van der Waals surface area contributed by atoms with Crippen molar-refractivity contribution in [2.75, 3.05) is 5.32 Å². The highest BCUT2D eigenvalue weighted by atomic mass is 79.9. The van der Waals surface area contributed by atoms with Crippen molar-refractivity contribution < 1.29 is 9.53 Å². The minimum atomic E-state index is -0.488. The average molecular weight is 496 g/mol. The molecule has 0 atom stereocenters. The van der Waals surface area contributed by atoms with E-state index in [-0.39, 0.29) is 5.57 Å². The van der Waals surface area contributed by atoms with Crippen LogP contribution in [-0.2, 0) is 11.4 Å². The first-order valence-electron chi connectivity index (χ1n) is 9.53. The van der Waals surface area contributed by atoms with E-state index in [9.17, 15) is 10.1 Å². The third kappa shape index (κ3) is 6.21. The number of ether oxygens (including phenoxy) is 1. The van der Waals surface area contributed by atoms with Gasteiger partial charge in [-0.1, -0.05) is 59.1 Å². The van der Waals surface area contributed by atoms with Crippen LogP contribution in [0, 0.1) is 25.2 Å². The number of carbonyl (C=O) groups is 1. The molecule has 0 aliphatic carbocycles. The highest BCUT2D eigenvalue weighted by Gasteiger charge is 2.13. The van der Waals surface area contributed by atoms with Crippen molar-refractivity contribution in [2.45, 2.75) is 20.5 Å². The number of anilines is 1. The van der Waals surface area contributed by atoms with Crippen molar-refractivity contribution >= 4 is 45.2 Å². The Hall–Kier alpha value is -3.07. The lowest BCUT2D eigenvalue weighted by Gasteiger charge is -2.12. The van der Waals surface area contributed by atoms with Gasteiger partial charge in [0.15, 0.2) is 5.75 Å². The van der Waals surface area contributed by atoms with Gasteiger partial charge in [0.05, 0.1) is 9.50 Å². The second kappa shape index (κ2) is 10.3. The van der Waals surface area contributed by atoms with Crippen molar-refractivity contribution in [3.8, 4) is 11.8 Å². The Morgan fingerprint density at radius 1 is 1.13 bits per heavy atom. The van der Waals surface area contributed by atoms with E-state index in [1.54, 1.807) is 24.3 Å². The van der Waals surface area contributed by atoms with Crippen LogP contribution in [0.25, 0.3) is 6.08 Å². The molecular formula is C25H20BrClN2O2. The van der Waals surface area contributed by atoms with Crippen LogP contribution in [0.3, 0.4) is 0 Å². The molecular weight excluding hydrogens is 476 g/mol. The van der Waals surface area contributed by atoms with Gasteiger partial charge in [0, 0.05) is 5.69 Å². The van der Waals surface area contributed by atoms with Gasteiger partial charge in [-0.15, -0.1) is 0 Å². The molecule has 0 spiro atoms. The smallest absolute Gasteiger partial charge is 0.266 e. The van der Waals surface area contributed by atoms with E-state index in [0.29, 0.717) is 33.1 Å². The number of nitrogens with zero attached hydrogens (tertiary/aromatic N) is 1. The second-order valence-corrected chi connectivity index (χ2v) is 8.34. The maximum absolute atomic E-state index is 12.5. The van der Waals surface area contributed by atoms with E-state index in [1.807, 2.05) is 56.3 Å². The summed E-state index contributed by atoms with van der Waals surface area (Å²) in [4.78, 5) is 12.5. The predicted molar refractivity (Wildman–Crippen MR) is 128 cm³/mol. The molecule has 0 saturated carbocycles. The van der Waals surface area contributed by atoms with Gasteiger partial charge in [-0.2, -0.15) is 5.26 Å². The Morgan fingerprint density at radius 2 is 1.87 bits per heavy atom. The largest absolute Gasteiger partial charge is 0.486 e. The summed E-state index contributed by atoms with van der Waals surface area (Å²) < 4.78 is 6.52. The summed E-state index contributed by atoms with van der Waals surface area (Å²) in [5, 5.41) is 12.6. The first-order valence-corrected chi connectivity index (χ1v) is 10.7. The molecule has 0 radical (unpaired) electrons. The standard InChI is InChI=1S/C25H20BrClN2O2/c1-16-6-8-21(9-7-16)29-25(30)20(14-28)11-19-12-22(26)24(23(27)13-19)31-15-18-5-3-4-17(2)10-18/h3-13H,15H2,1-2H3,(H,29,30)/b20-11-. The maximum Gasteiger partial charge on any atom is 0.266 e. The van der Waals surface area contributed by atoms with Crippen LogP contribution in [0.2, 0.25) is 5.02 Å². The molecule has 0 aliphatic rings. The van der Waals surface area contributed by atoms with Crippen LogP contribution in [0.1, 0.15) is 22.3 Å². The van der Waals surface area contributed by atoms with Crippen LogP contribution in [0.15, 0.2) is 70.7 Å². The lowest BCUT2D eigenvalue weighted by Crippen LogP contribution is -2.13. The third-order valence-corrected chi connectivity index (χ3v) is 5.34. The fourth-order valence-corrected chi connectivity index (χ4v) is 3.90. The third-order valence-electron chi connectivity index (χ3n) is 4.47. The molecule has 1 amide bonds. The molecule has 3 rings (SSSR count). The van der Waals surface area contributed by atoms with Crippen molar-refractivity contribution in [2.24, 2.45) is 0 Å². The molecule has 0 heterocycles. The van der Waals surface area contributed by atoms with Crippen molar-refractivity contribution in [3.63, 3.8) is 0 Å². The number of amides is 1. The molecule has 3 aromatic carbocycles. The zero-order valence-corrected chi connectivity index (χ0v) is 19.4. The van der Waals surface area contributed by atoms with Crippen molar-refractivity contribution in [3.05, 3.63) is 98.0 Å². The SMILES string of the molecule is Cc1ccc(NC(=O)/C(C#N)=C\c2cc(Cl)c(OCc3cccc(C)c3)c(Br)c2)cc1. The fraction of sp³-hybridized carbons (Fsp3) is 0.120. The Labute approximate surface area is 195 Å². The quantitative estimate of drug-likeness (QED) is 0.301. The molecule has 0 aromatic heterocycles. The Bertz CT molecular complexity index is 1160. The monoisotopic (exact) mass is 494 g/mol. The number of aryl methyl sites for hydroxylation is 2. The summed E-state index contributed by atoms with van der Waals surface area (Å²) in [6.07, 6.45) is 1.49. The van der Waals surface area contributed by atoms with E-state index in [2.05, 4.69) is 21.2 Å². The maximum atomic E-state index is 12.5. The van der Waals surface area contributed by atoms with Crippen LogP contribution in [0.5, 0.6) is 5.75 Å². The number of carbonyl (C=O) groups excluding carboxylic acids is 1. The normalized spacial score (nSPS) is 11.0. The molecule has 3 aromatic rings. The van der Waals surface area contributed by atoms with Gasteiger partial charge >= 0.3 is 0 Å². The summed E-state index contributed by atoms with van der Waals surface area (Å²) in [5.41, 5.74) is 4.47. The van der Waals surface area contributed by atoms with Crippen LogP contribution >= 0.6 is 27.5 Å². The van der Waals surface area contributed by atoms with Crippen LogP contribution < -0.4 is 10.1 Å². The predicted octanol–water partition coefficient (Wildman–Crippen LogP) is 6.84. The van der Waals surface area contributed by atoms with Gasteiger partial charge in [-0.05, 0) is 71.2 Å². The number of hydrogen-bond donors (Lipinski definition) is 1. The highest BCUT2D eigenvalue weighted by molar-refractivity contribution is 9.10. The van der Waals surface area contributed by atoms with Gasteiger partial charge in [0.25, 0.3) is 5.91 Å². The van der Waals surface area contributed by atoms with Gasteiger partial charge in [0.1, 0.15) is 18.2 Å². The lowest BCUT2D eigenvalue weighted by molar-refractivity contribution is -0.112.